The molecule has 0 spiro atoms. The van der Waals surface area contributed by atoms with Crippen LogP contribution in [0.4, 0.5) is 4.79 Å². The first-order valence-corrected chi connectivity index (χ1v) is 14.8. The monoisotopic (exact) mass is 546 g/mol. The molecule has 218 valence electrons. The number of alkyl carbamates (subject to hydrolysis) is 1. The highest BCUT2D eigenvalue weighted by atomic mass is 16.5. The average molecular weight is 547 g/mol. The summed E-state index contributed by atoms with van der Waals surface area (Å²) in [4.78, 5) is 66.5. The lowest BCUT2D eigenvalue weighted by atomic mass is 9.80. The van der Waals surface area contributed by atoms with Gasteiger partial charge >= 0.3 is 6.09 Å². The Bertz CT molecular complexity index is 971. The number of piperidine rings is 1. The molecule has 5 atom stereocenters. The first-order valence-electron chi connectivity index (χ1n) is 14.8. The average Bonchev–Trinajstić information content (AvgIpc) is 3.19. The fourth-order valence-corrected chi connectivity index (χ4v) is 6.97. The zero-order valence-electron chi connectivity index (χ0n) is 23.9. The van der Waals surface area contributed by atoms with Crippen molar-refractivity contribution in [1.82, 2.24) is 15.5 Å². The highest BCUT2D eigenvalue weighted by molar-refractivity contribution is 6.37. The molecule has 10 heteroatoms. The Labute approximate surface area is 231 Å². The third kappa shape index (κ3) is 6.40. The zero-order valence-corrected chi connectivity index (χ0v) is 23.9. The van der Waals surface area contributed by atoms with Gasteiger partial charge in [0.25, 0.3) is 5.91 Å². The minimum absolute atomic E-state index is 0.0331. The molecule has 4 rings (SSSR count). The smallest absolute Gasteiger partial charge is 0.407 e. The molecule has 4 amide bonds. The molecule has 39 heavy (non-hydrogen) atoms. The number of amides is 4. The standard InChI is InChI=1S/C29H46N4O6/c1-16(2)15-39-28(38)32-22(18-11-6-5-7-12-18)27(37)33-14-19-21(29(19,3)4)23(33)26(36)31-20(24(34)25(30)35)13-17-9-8-10-17/h16-23H,5-15H2,1-4H3,(H2,30,35)(H,31,36)(H,32,38)/t19?,20?,21?,22-,23-/m0/s1. The van der Waals surface area contributed by atoms with Gasteiger partial charge in [0, 0.05) is 6.54 Å². The highest BCUT2D eigenvalue weighted by Crippen LogP contribution is 2.65. The maximum atomic E-state index is 14.1. The number of carbonyl (C=O) groups excluding carboxylic acids is 5. The topological polar surface area (TPSA) is 148 Å². The van der Waals surface area contributed by atoms with Crippen molar-refractivity contribution in [3.63, 3.8) is 0 Å². The summed E-state index contributed by atoms with van der Waals surface area (Å²) in [6, 6.07) is -2.54. The van der Waals surface area contributed by atoms with E-state index in [-0.39, 0.29) is 47.5 Å². The quantitative estimate of drug-likeness (QED) is 0.339. The minimum Gasteiger partial charge on any atom is -0.449 e. The van der Waals surface area contributed by atoms with Crippen LogP contribution in [0, 0.1) is 35.0 Å². The van der Waals surface area contributed by atoms with Crippen LogP contribution in [0.5, 0.6) is 0 Å². The first-order chi connectivity index (χ1) is 18.4. The Morgan fingerprint density at radius 3 is 2.21 bits per heavy atom. The number of ether oxygens (including phenoxy) is 1. The van der Waals surface area contributed by atoms with Gasteiger partial charge in [-0.05, 0) is 54.3 Å². The molecule has 1 saturated heterocycles. The van der Waals surface area contributed by atoms with Crippen LogP contribution in [0.3, 0.4) is 0 Å². The van der Waals surface area contributed by atoms with Gasteiger partial charge in [-0.25, -0.2) is 4.79 Å². The van der Waals surface area contributed by atoms with E-state index in [2.05, 4.69) is 24.5 Å². The summed E-state index contributed by atoms with van der Waals surface area (Å²) >= 11 is 0. The second-order valence-electron chi connectivity index (χ2n) is 13.2. The van der Waals surface area contributed by atoms with Crippen LogP contribution >= 0.6 is 0 Å². The van der Waals surface area contributed by atoms with Crippen LogP contribution in [-0.4, -0.2) is 65.8 Å². The molecule has 1 aliphatic heterocycles. The summed E-state index contributed by atoms with van der Waals surface area (Å²) in [6.07, 6.45) is 7.42. The van der Waals surface area contributed by atoms with Crippen molar-refractivity contribution < 1.29 is 28.7 Å². The molecule has 3 unspecified atom stereocenters. The van der Waals surface area contributed by atoms with Crippen molar-refractivity contribution >= 4 is 29.6 Å². The van der Waals surface area contributed by atoms with E-state index in [1.807, 2.05) is 13.8 Å². The number of rotatable bonds is 11. The van der Waals surface area contributed by atoms with Gasteiger partial charge in [0.15, 0.2) is 0 Å². The zero-order chi connectivity index (χ0) is 28.5. The molecule has 0 aromatic rings. The van der Waals surface area contributed by atoms with Gasteiger partial charge in [-0.2, -0.15) is 0 Å². The molecule has 4 aliphatic rings. The van der Waals surface area contributed by atoms with E-state index in [0.29, 0.717) is 13.0 Å². The van der Waals surface area contributed by atoms with Gasteiger partial charge in [-0.15, -0.1) is 0 Å². The second-order valence-corrected chi connectivity index (χ2v) is 13.2. The van der Waals surface area contributed by atoms with Gasteiger partial charge in [-0.1, -0.05) is 66.2 Å². The number of likely N-dealkylation sites (tertiary alicyclic amines) is 1. The number of fused-ring (bicyclic) bond motifs is 1. The molecule has 1 heterocycles. The van der Waals surface area contributed by atoms with Crippen LogP contribution in [0.2, 0.25) is 0 Å². The fraction of sp³-hybridized carbons (Fsp3) is 0.828. The molecule has 0 aromatic carbocycles. The van der Waals surface area contributed by atoms with Gasteiger partial charge < -0.3 is 26.0 Å². The lowest BCUT2D eigenvalue weighted by Gasteiger charge is -2.37. The van der Waals surface area contributed by atoms with Crippen molar-refractivity contribution in [1.29, 1.82) is 0 Å². The first kappa shape index (κ1) is 29.3. The van der Waals surface area contributed by atoms with Gasteiger partial charge in [-0.3, -0.25) is 19.2 Å². The van der Waals surface area contributed by atoms with Crippen molar-refractivity contribution in [3.8, 4) is 0 Å². The molecule has 4 N–H and O–H groups in total. The molecule has 3 saturated carbocycles. The Morgan fingerprint density at radius 2 is 1.64 bits per heavy atom. The molecule has 0 bridgehead atoms. The Hall–Kier alpha value is -2.65. The summed E-state index contributed by atoms with van der Waals surface area (Å²) in [5.41, 5.74) is 5.19. The van der Waals surface area contributed by atoms with Crippen molar-refractivity contribution in [2.45, 2.75) is 104 Å². The Balaban J connectivity index is 1.53. The molecule has 4 fully saturated rings. The third-order valence-electron chi connectivity index (χ3n) is 9.64. The maximum Gasteiger partial charge on any atom is 0.407 e. The van der Waals surface area contributed by atoms with Crippen LogP contribution in [-0.2, 0) is 23.9 Å². The predicted octanol–water partition coefficient (Wildman–Crippen LogP) is 2.53. The summed E-state index contributed by atoms with van der Waals surface area (Å²) < 4.78 is 5.35. The lowest BCUT2D eigenvalue weighted by molar-refractivity contribution is -0.144. The molecule has 0 radical (unpaired) electrons. The fourth-order valence-electron chi connectivity index (χ4n) is 6.97. The number of hydrogen-bond acceptors (Lipinski definition) is 6. The summed E-state index contributed by atoms with van der Waals surface area (Å²) in [7, 11) is 0. The maximum absolute atomic E-state index is 14.1. The highest BCUT2D eigenvalue weighted by Gasteiger charge is 2.69. The number of nitrogens with two attached hydrogens (primary N) is 1. The van der Waals surface area contributed by atoms with E-state index in [1.165, 1.54) is 0 Å². The van der Waals surface area contributed by atoms with Crippen LogP contribution in [0.25, 0.3) is 0 Å². The molecule has 10 nitrogen and oxygen atoms in total. The summed E-state index contributed by atoms with van der Waals surface area (Å²) in [5, 5.41) is 5.66. The largest absolute Gasteiger partial charge is 0.449 e. The van der Waals surface area contributed by atoms with Gasteiger partial charge in [0.05, 0.1) is 12.6 Å². The number of nitrogens with zero attached hydrogens (tertiary/aromatic N) is 1. The number of Topliss-reactive ketones (excluding diaryl/α,β-unsaturated/α-hetero) is 1. The third-order valence-corrected chi connectivity index (χ3v) is 9.64. The van der Waals surface area contributed by atoms with E-state index in [1.54, 1.807) is 4.90 Å². The van der Waals surface area contributed by atoms with Crippen molar-refractivity contribution in [3.05, 3.63) is 0 Å². The Morgan fingerprint density at radius 1 is 0.974 bits per heavy atom. The van der Waals surface area contributed by atoms with Crippen molar-refractivity contribution in [2.24, 2.45) is 40.7 Å². The molecule has 3 aliphatic carbocycles. The van der Waals surface area contributed by atoms with Crippen molar-refractivity contribution in [2.75, 3.05) is 13.2 Å². The molecular weight excluding hydrogens is 500 g/mol. The molecular formula is C29H46N4O6. The van der Waals surface area contributed by atoms with Crippen LogP contribution < -0.4 is 16.4 Å². The van der Waals surface area contributed by atoms with Crippen LogP contribution in [0.1, 0.15) is 85.5 Å². The van der Waals surface area contributed by atoms with E-state index in [0.717, 1.165) is 51.4 Å². The van der Waals surface area contributed by atoms with E-state index in [9.17, 15) is 24.0 Å². The number of nitrogens with one attached hydrogen (secondary N) is 2. The lowest BCUT2D eigenvalue weighted by Crippen LogP contribution is -2.59. The number of primary amides is 1. The van der Waals surface area contributed by atoms with E-state index < -0.39 is 41.8 Å². The summed E-state index contributed by atoms with van der Waals surface area (Å²) in [5.74, 6) is -2.08. The minimum atomic E-state index is -1.06. The molecule has 0 aromatic heterocycles. The normalized spacial score (nSPS) is 27.6. The summed E-state index contributed by atoms with van der Waals surface area (Å²) in [6.45, 7) is 8.73. The van der Waals surface area contributed by atoms with Gasteiger partial charge in [0.1, 0.15) is 12.1 Å². The number of hydrogen-bond donors (Lipinski definition) is 3. The number of carbonyl (C=O) groups is 5. The predicted molar refractivity (Wildman–Crippen MR) is 144 cm³/mol. The van der Waals surface area contributed by atoms with E-state index >= 15 is 0 Å². The van der Waals surface area contributed by atoms with Crippen LogP contribution in [0.15, 0.2) is 0 Å². The number of ketones is 1. The van der Waals surface area contributed by atoms with Gasteiger partial charge in [0.2, 0.25) is 17.6 Å². The Kier molecular flexibility index (Phi) is 8.91. The SMILES string of the molecule is CC(C)COC(=O)N[C@H](C(=O)N1CC2C([C@H]1C(=O)NC(CC1CCC1)C(=O)C(N)=O)C2(C)C)C1CCCCC1. The second kappa shape index (κ2) is 11.8. The van der Waals surface area contributed by atoms with E-state index in [4.69, 9.17) is 10.5 Å².